The van der Waals surface area contributed by atoms with Crippen LogP contribution in [-0.2, 0) is 0 Å². The fourth-order valence-corrected chi connectivity index (χ4v) is 2.57. The van der Waals surface area contributed by atoms with E-state index in [1.807, 2.05) is 25.1 Å². The molecule has 2 aromatic carbocycles. The molecule has 0 radical (unpaired) electrons. The average molecular weight is 332 g/mol. The van der Waals surface area contributed by atoms with Crippen LogP contribution in [0.3, 0.4) is 0 Å². The molecule has 1 aromatic heterocycles. The fraction of sp³-hybridized carbons (Fsp3) is 0.167. The lowest BCUT2D eigenvalue weighted by Gasteiger charge is -2.10. The van der Waals surface area contributed by atoms with E-state index in [4.69, 9.17) is 11.6 Å². The van der Waals surface area contributed by atoms with Crippen molar-refractivity contribution in [2.75, 3.05) is 5.32 Å². The van der Waals surface area contributed by atoms with E-state index in [2.05, 4.69) is 48.4 Å². The summed E-state index contributed by atoms with van der Waals surface area (Å²) < 4.78 is 0. The van der Waals surface area contributed by atoms with Gasteiger partial charge in [0.2, 0.25) is 0 Å². The minimum absolute atomic E-state index is 0. The number of nitrogens with zero attached hydrogens (tertiary/aromatic N) is 1. The quantitative estimate of drug-likeness (QED) is 0.780. The number of rotatable bonds is 2. The minimum Gasteiger partial charge on any atom is -1.00 e. The van der Waals surface area contributed by atoms with Crippen LogP contribution >= 0.6 is 11.6 Å². The number of pyridine rings is 1. The van der Waals surface area contributed by atoms with E-state index >= 15 is 0 Å². The Balaban J connectivity index is 0.00000176. The van der Waals surface area contributed by atoms with E-state index in [0.29, 0.717) is 0 Å². The van der Waals surface area contributed by atoms with Gasteiger partial charge in [-0.3, -0.25) is 0 Å². The molecule has 0 unspecified atom stereocenters. The summed E-state index contributed by atoms with van der Waals surface area (Å²) in [6.07, 6.45) is 0. The van der Waals surface area contributed by atoms with Gasteiger partial charge in [0.1, 0.15) is 5.82 Å². The number of nitrogens with one attached hydrogen (secondary N) is 1. The number of benzene rings is 2. The number of hydrogen-bond donors (Lipinski definition) is 1. The van der Waals surface area contributed by atoms with Gasteiger partial charge in [-0.05, 0) is 62.2 Å². The van der Waals surface area contributed by atoms with Gasteiger partial charge >= 0.3 is 0 Å². The maximum Gasteiger partial charge on any atom is 0.131 e. The number of halogens is 2. The predicted molar refractivity (Wildman–Crippen MR) is 90.7 cm³/mol. The maximum atomic E-state index is 6.16. The van der Waals surface area contributed by atoms with Gasteiger partial charge in [0.05, 0.1) is 5.52 Å². The van der Waals surface area contributed by atoms with Gasteiger partial charge in [0.15, 0.2) is 0 Å². The van der Waals surface area contributed by atoms with Gasteiger partial charge in [0, 0.05) is 16.1 Å². The van der Waals surface area contributed by atoms with E-state index in [9.17, 15) is 0 Å². The first-order valence-corrected chi connectivity index (χ1v) is 7.32. The summed E-state index contributed by atoms with van der Waals surface area (Å²) in [4.78, 5) is 4.67. The van der Waals surface area contributed by atoms with Crippen molar-refractivity contribution in [1.29, 1.82) is 0 Å². The lowest BCUT2D eigenvalue weighted by atomic mass is 10.1. The second-order valence-electron chi connectivity index (χ2n) is 5.43. The summed E-state index contributed by atoms with van der Waals surface area (Å²) in [5.74, 6) is 0.837. The standard InChI is InChI=1S/C18H17ClN2.ClH/c1-11-4-7-17-15(8-11)13(3)9-18(21-17)20-14-6-5-12(2)16(19)10-14;/h4-10H,1-3H3,(H,20,21);1H/p-1. The Morgan fingerprint density at radius 3 is 2.41 bits per heavy atom. The molecule has 114 valence electrons. The molecule has 1 heterocycles. The minimum atomic E-state index is 0. The van der Waals surface area contributed by atoms with Crippen molar-refractivity contribution < 1.29 is 12.4 Å². The Bertz CT molecular complexity index is 829. The van der Waals surface area contributed by atoms with Gasteiger partial charge in [-0.15, -0.1) is 0 Å². The largest absolute Gasteiger partial charge is 1.00 e. The summed E-state index contributed by atoms with van der Waals surface area (Å²) in [7, 11) is 0. The number of aromatic nitrogens is 1. The normalized spacial score (nSPS) is 10.4. The molecule has 0 spiro atoms. The highest BCUT2D eigenvalue weighted by Gasteiger charge is 2.04. The smallest absolute Gasteiger partial charge is 0.131 e. The number of anilines is 2. The van der Waals surface area contributed by atoms with E-state index in [0.717, 1.165) is 27.6 Å². The number of hydrogen-bond acceptors (Lipinski definition) is 2. The Kier molecular flexibility index (Phi) is 4.94. The monoisotopic (exact) mass is 331 g/mol. The molecule has 1 N–H and O–H groups in total. The van der Waals surface area contributed by atoms with E-state index in [1.165, 1.54) is 16.5 Å². The van der Waals surface area contributed by atoms with Crippen LogP contribution in [-0.4, -0.2) is 4.98 Å². The highest BCUT2D eigenvalue weighted by Crippen LogP contribution is 2.25. The molecule has 3 aromatic rings. The van der Waals surface area contributed by atoms with Crippen molar-refractivity contribution in [3.63, 3.8) is 0 Å². The van der Waals surface area contributed by atoms with Crippen LogP contribution in [0.2, 0.25) is 5.02 Å². The van der Waals surface area contributed by atoms with Gasteiger partial charge < -0.3 is 17.7 Å². The van der Waals surface area contributed by atoms with Crippen molar-refractivity contribution in [2.24, 2.45) is 0 Å². The molecule has 0 amide bonds. The zero-order valence-electron chi connectivity index (χ0n) is 12.7. The zero-order valence-corrected chi connectivity index (χ0v) is 14.3. The molecule has 2 nitrogen and oxygen atoms in total. The summed E-state index contributed by atoms with van der Waals surface area (Å²) in [6.45, 7) is 6.20. The van der Waals surface area contributed by atoms with Gasteiger partial charge in [-0.1, -0.05) is 29.3 Å². The van der Waals surface area contributed by atoms with Crippen molar-refractivity contribution in [3.8, 4) is 0 Å². The van der Waals surface area contributed by atoms with Crippen molar-refractivity contribution in [2.45, 2.75) is 20.8 Å². The molecule has 0 saturated heterocycles. The van der Waals surface area contributed by atoms with Crippen LogP contribution in [0, 0.1) is 20.8 Å². The summed E-state index contributed by atoms with van der Waals surface area (Å²) >= 11 is 6.16. The Labute approximate surface area is 141 Å². The third-order valence-electron chi connectivity index (χ3n) is 3.62. The van der Waals surface area contributed by atoms with Gasteiger partial charge in [-0.2, -0.15) is 0 Å². The van der Waals surface area contributed by atoms with Crippen molar-refractivity contribution >= 4 is 34.0 Å². The van der Waals surface area contributed by atoms with Crippen LogP contribution in [0.5, 0.6) is 0 Å². The number of aryl methyl sites for hydroxylation is 3. The van der Waals surface area contributed by atoms with Gasteiger partial charge in [0.25, 0.3) is 0 Å². The molecule has 0 aliphatic rings. The molecule has 0 aliphatic heterocycles. The molecular formula is C18H17Cl2N2-. The van der Waals surface area contributed by atoms with Crippen LogP contribution in [0.15, 0.2) is 42.5 Å². The second-order valence-corrected chi connectivity index (χ2v) is 5.84. The first-order chi connectivity index (χ1) is 10.0. The molecule has 22 heavy (non-hydrogen) atoms. The Morgan fingerprint density at radius 1 is 0.909 bits per heavy atom. The SMILES string of the molecule is Cc1ccc2nc(Nc3ccc(C)c(Cl)c3)cc(C)c2c1.[Cl-]. The zero-order chi connectivity index (χ0) is 15.0. The van der Waals surface area contributed by atoms with E-state index in [1.54, 1.807) is 0 Å². The van der Waals surface area contributed by atoms with E-state index < -0.39 is 0 Å². The molecule has 0 atom stereocenters. The van der Waals surface area contributed by atoms with Crippen molar-refractivity contribution in [3.05, 3.63) is 64.2 Å². The second kappa shape index (κ2) is 6.55. The molecule has 3 rings (SSSR count). The van der Waals surface area contributed by atoms with Crippen molar-refractivity contribution in [1.82, 2.24) is 4.98 Å². The Morgan fingerprint density at radius 2 is 1.68 bits per heavy atom. The molecule has 0 saturated carbocycles. The summed E-state index contributed by atoms with van der Waals surface area (Å²) in [5.41, 5.74) is 5.48. The first-order valence-electron chi connectivity index (χ1n) is 6.94. The highest BCUT2D eigenvalue weighted by atomic mass is 35.5. The third kappa shape index (κ3) is 3.34. The molecule has 4 heteroatoms. The fourth-order valence-electron chi connectivity index (χ4n) is 2.39. The van der Waals surface area contributed by atoms with Crippen LogP contribution < -0.4 is 17.7 Å². The first kappa shape index (κ1) is 16.6. The summed E-state index contributed by atoms with van der Waals surface area (Å²) in [6, 6.07) is 14.3. The predicted octanol–water partition coefficient (Wildman–Crippen LogP) is 2.56. The Hall–Kier alpha value is -1.77. The number of fused-ring (bicyclic) bond motifs is 1. The molecule has 0 bridgehead atoms. The van der Waals surface area contributed by atoms with Gasteiger partial charge in [-0.25, -0.2) is 4.98 Å². The summed E-state index contributed by atoms with van der Waals surface area (Å²) in [5, 5.41) is 5.28. The molecule has 0 fully saturated rings. The highest BCUT2D eigenvalue weighted by molar-refractivity contribution is 6.31. The maximum absolute atomic E-state index is 6.16. The lowest BCUT2D eigenvalue weighted by molar-refractivity contribution is -0.00000436. The van der Waals surface area contributed by atoms with E-state index in [-0.39, 0.29) is 12.4 Å². The van der Waals surface area contributed by atoms with Crippen LogP contribution in [0.25, 0.3) is 10.9 Å². The van der Waals surface area contributed by atoms with Crippen LogP contribution in [0.4, 0.5) is 11.5 Å². The average Bonchev–Trinajstić information content (AvgIpc) is 2.44. The molecule has 0 aliphatic carbocycles. The topological polar surface area (TPSA) is 24.9 Å². The third-order valence-corrected chi connectivity index (χ3v) is 4.02. The lowest BCUT2D eigenvalue weighted by Crippen LogP contribution is -3.00. The molecular weight excluding hydrogens is 315 g/mol. The van der Waals surface area contributed by atoms with Crippen LogP contribution in [0.1, 0.15) is 16.7 Å².